The van der Waals surface area contributed by atoms with Crippen LogP contribution in [0.3, 0.4) is 0 Å². The van der Waals surface area contributed by atoms with Crippen LogP contribution in [0.15, 0.2) is 93.6 Å². The molecule has 0 saturated heterocycles. The number of nitrogens with zero attached hydrogens (tertiary/aromatic N) is 1. The summed E-state index contributed by atoms with van der Waals surface area (Å²) in [4.78, 5) is 5.64. The van der Waals surface area contributed by atoms with E-state index in [0.717, 1.165) is 25.5 Å². The molecule has 0 aliphatic heterocycles. The first-order valence-electron chi connectivity index (χ1n) is 9.38. The Morgan fingerprint density at radius 3 is 1.97 bits per heavy atom. The molecule has 32 heavy (non-hydrogen) atoms. The van der Waals surface area contributed by atoms with E-state index in [1.54, 1.807) is 11.3 Å². The number of anilines is 1. The molecule has 0 aliphatic rings. The number of benzene rings is 2. The fraction of sp³-hybridized carbons (Fsp3) is 0. The topological polar surface area (TPSA) is 42.0 Å². The fourth-order valence-electron chi connectivity index (χ4n) is 2.82. The van der Waals surface area contributed by atoms with Gasteiger partial charge in [-0.15, -0.1) is 22.7 Å². The Kier molecular flexibility index (Phi) is 7.72. The molecular weight excluding hydrogens is 566 g/mol. The predicted octanol–water partition coefficient (Wildman–Crippen LogP) is 9.80. The van der Waals surface area contributed by atoms with Crippen LogP contribution in [0.2, 0.25) is 0 Å². The average Bonchev–Trinajstić information content (AvgIpc) is 3.43. The molecule has 1 unspecified atom stereocenters. The van der Waals surface area contributed by atoms with Gasteiger partial charge in [0.05, 0.1) is 24.4 Å². The molecule has 1 N–H and O–H groups in total. The molecule has 1 atom stereocenters. The highest BCUT2D eigenvalue weighted by molar-refractivity contribution is 9.11. The molecule has 4 rings (SSSR count). The lowest BCUT2D eigenvalue weighted by Crippen LogP contribution is -1.94. The summed E-state index contributed by atoms with van der Waals surface area (Å²) in [6.45, 7) is 0. The summed E-state index contributed by atoms with van der Waals surface area (Å²) < 4.78 is 15.1. The smallest absolute Gasteiger partial charge is 0.217 e. The number of thiophene rings is 1. The molecule has 0 fully saturated rings. The van der Waals surface area contributed by atoms with E-state index in [1.807, 2.05) is 78.2 Å². The monoisotopic (exact) mass is 580 g/mol. The molecule has 162 valence electrons. The van der Waals surface area contributed by atoms with E-state index in [-0.39, 0.29) is 0 Å². The third-order valence-corrected chi connectivity index (χ3v) is 9.67. The van der Waals surface area contributed by atoms with Gasteiger partial charge in [-0.3, -0.25) is 4.57 Å². The molecule has 0 spiro atoms. The van der Waals surface area contributed by atoms with E-state index in [9.17, 15) is 4.57 Å². The second kappa shape index (κ2) is 10.5. The fourth-order valence-corrected chi connectivity index (χ4v) is 8.08. The number of nitrogens with one attached hydrogen (secondary N) is 1. The Morgan fingerprint density at radius 1 is 0.906 bits per heavy atom. The lowest BCUT2D eigenvalue weighted by atomic mass is 10.2. The molecule has 9 heteroatoms. The molecule has 4 aromatic rings. The van der Waals surface area contributed by atoms with E-state index in [1.165, 1.54) is 23.0 Å². The highest BCUT2D eigenvalue weighted by Gasteiger charge is 2.21. The number of hydrogen-bond acceptors (Lipinski definition) is 4. The third-order valence-electron chi connectivity index (χ3n) is 4.31. The van der Waals surface area contributed by atoms with Crippen LogP contribution in [-0.2, 0) is 4.57 Å². The molecule has 0 aliphatic carbocycles. The number of thiazole rings is 1. The molecule has 2 aromatic carbocycles. The minimum absolute atomic E-state index is 0.370. The van der Waals surface area contributed by atoms with E-state index in [2.05, 4.69) is 26.0 Å². The van der Waals surface area contributed by atoms with Crippen molar-refractivity contribution in [3.05, 3.63) is 105 Å². The molecular formula is C23H16BrCl2N2OPS2. The minimum atomic E-state index is -3.35. The molecule has 0 saturated carbocycles. The van der Waals surface area contributed by atoms with Gasteiger partial charge >= 0.3 is 0 Å². The highest BCUT2D eigenvalue weighted by atomic mass is 79.9. The minimum Gasteiger partial charge on any atom is -0.306 e. The molecule has 0 amide bonds. The van der Waals surface area contributed by atoms with Gasteiger partial charge in [0.15, 0.2) is 5.13 Å². The van der Waals surface area contributed by atoms with Crippen LogP contribution >= 0.6 is 69.1 Å². The Bertz CT molecular complexity index is 1260. The van der Waals surface area contributed by atoms with Crippen molar-refractivity contribution in [2.45, 2.75) is 0 Å². The maximum Gasteiger partial charge on any atom is 0.217 e. The normalized spacial score (nSPS) is 14.2. The molecule has 0 bridgehead atoms. The van der Waals surface area contributed by atoms with Crippen molar-refractivity contribution in [1.29, 1.82) is 0 Å². The van der Waals surface area contributed by atoms with Gasteiger partial charge in [0, 0.05) is 17.0 Å². The van der Waals surface area contributed by atoms with Gasteiger partial charge in [-0.2, -0.15) is 0 Å². The second-order valence-corrected chi connectivity index (χ2v) is 12.9. The lowest BCUT2D eigenvalue weighted by molar-refractivity contribution is 0.589. The Balaban J connectivity index is 1.71. The van der Waals surface area contributed by atoms with Crippen molar-refractivity contribution in [2.24, 2.45) is 0 Å². The summed E-state index contributed by atoms with van der Waals surface area (Å²) in [6, 6.07) is 22.7. The highest BCUT2D eigenvalue weighted by Crippen LogP contribution is 2.54. The van der Waals surface area contributed by atoms with Gasteiger partial charge in [0.2, 0.25) is 7.29 Å². The standard InChI is InChI=1S/C23H16BrCl2N2OPS2/c24-22-12-11-21(32-22)20-15-31-23(27-20)28-30(29,13-18(25)16-7-3-1-4-8-16)14-19(26)17-9-5-2-6-10-17/h1-15H,(H,27,28,29)/b18-13-,19-14?. The van der Waals surface area contributed by atoms with E-state index in [4.69, 9.17) is 23.2 Å². The summed E-state index contributed by atoms with van der Waals surface area (Å²) in [5.41, 5.74) is 2.35. The van der Waals surface area contributed by atoms with Crippen LogP contribution in [0.1, 0.15) is 11.1 Å². The molecule has 2 heterocycles. The summed E-state index contributed by atoms with van der Waals surface area (Å²) >= 11 is 19.5. The Labute approximate surface area is 213 Å². The zero-order valence-corrected chi connectivity index (χ0v) is 22.0. The maximum absolute atomic E-state index is 14.0. The Hall–Kier alpha value is -1.66. The van der Waals surface area contributed by atoms with Gasteiger partial charge in [0.1, 0.15) is 0 Å². The largest absolute Gasteiger partial charge is 0.306 e. The van der Waals surface area contributed by atoms with Crippen molar-refractivity contribution in [3.8, 4) is 10.6 Å². The number of rotatable bonds is 7. The summed E-state index contributed by atoms with van der Waals surface area (Å²) in [5.74, 6) is 3.05. The number of aromatic nitrogens is 1. The van der Waals surface area contributed by atoms with Crippen LogP contribution in [0.5, 0.6) is 0 Å². The summed E-state index contributed by atoms with van der Waals surface area (Å²) in [7, 11) is -3.35. The quantitative estimate of drug-likeness (QED) is 0.221. The van der Waals surface area contributed by atoms with Gasteiger partial charge < -0.3 is 5.09 Å². The van der Waals surface area contributed by atoms with E-state index < -0.39 is 7.29 Å². The van der Waals surface area contributed by atoms with Gasteiger partial charge in [0.25, 0.3) is 0 Å². The van der Waals surface area contributed by atoms with Crippen molar-refractivity contribution in [1.82, 2.24) is 4.98 Å². The van der Waals surface area contributed by atoms with Crippen molar-refractivity contribution in [2.75, 3.05) is 5.09 Å². The lowest BCUT2D eigenvalue weighted by Gasteiger charge is -2.13. The first kappa shape index (κ1) is 23.5. The summed E-state index contributed by atoms with van der Waals surface area (Å²) in [5, 5.41) is 6.28. The first-order valence-corrected chi connectivity index (χ1v) is 14.5. The molecule has 0 radical (unpaired) electrons. The first-order chi connectivity index (χ1) is 15.4. The maximum atomic E-state index is 14.0. The van der Waals surface area contributed by atoms with E-state index in [0.29, 0.717) is 15.2 Å². The Morgan fingerprint density at radius 2 is 1.47 bits per heavy atom. The zero-order valence-electron chi connectivity index (χ0n) is 16.4. The second-order valence-electron chi connectivity index (χ2n) is 6.65. The third kappa shape index (κ3) is 6.02. The van der Waals surface area contributed by atoms with Gasteiger partial charge in [-0.05, 0) is 39.2 Å². The number of hydrogen-bond donors (Lipinski definition) is 1. The SMILES string of the molecule is O=P(C=C(Cl)c1ccccc1)(/C=C(\Cl)c1ccccc1)Nc1nc(-c2ccc(Br)s2)cs1. The average molecular weight is 582 g/mol. The van der Waals surface area contributed by atoms with Crippen LogP contribution in [0.25, 0.3) is 20.6 Å². The number of halogens is 3. The van der Waals surface area contributed by atoms with Crippen molar-refractivity contribution in [3.63, 3.8) is 0 Å². The van der Waals surface area contributed by atoms with Crippen molar-refractivity contribution < 1.29 is 4.57 Å². The van der Waals surface area contributed by atoms with Crippen LogP contribution in [0.4, 0.5) is 5.13 Å². The molecule has 3 nitrogen and oxygen atoms in total. The zero-order chi connectivity index (χ0) is 22.6. The van der Waals surface area contributed by atoms with E-state index >= 15 is 0 Å². The van der Waals surface area contributed by atoms with Crippen molar-refractivity contribution >= 4 is 84.3 Å². The van der Waals surface area contributed by atoms with Crippen LogP contribution in [-0.4, -0.2) is 4.98 Å². The van der Waals surface area contributed by atoms with Gasteiger partial charge in [-0.25, -0.2) is 4.98 Å². The van der Waals surface area contributed by atoms with Crippen LogP contribution in [0, 0.1) is 0 Å². The van der Waals surface area contributed by atoms with Crippen LogP contribution < -0.4 is 5.09 Å². The molecule has 2 aromatic heterocycles. The van der Waals surface area contributed by atoms with Gasteiger partial charge in [-0.1, -0.05) is 83.9 Å². The summed E-state index contributed by atoms with van der Waals surface area (Å²) in [6.07, 6.45) is 0. The predicted molar refractivity (Wildman–Crippen MR) is 145 cm³/mol.